The lowest BCUT2D eigenvalue weighted by atomic mass is 9.92. The molecule has 8 aromatic carbocycles. The van der Waals surface area contributed by atoms with Gasteiger partial charge in [0.1, 0.15) is 18.3 Å². The molecule has 3 aliphatic carbocycles. The number of nitrogens with one attached hydrogen (secondary N) is 3. The Morgan fingerprint density at radius 1 is 0.562 bits per heavy atom. The van der Waals surface area contributed by atoms with E-state index in [2.05, 4.69) is 148 Å². The molecule has 13 rings (SSSR count). The van der Waals surface area contributed by atoms with E-state index < -0.39 is 17.9 Å². The summed E-state index contributed by atoms with van der Waals surface area (Å²) in [6.45, 7) is 0.210. The standard InChI is InChI=1S/C49H41N3O3.C20H19N3.CH4.B/c53-47(55-31-44-42-20-10-8-18-40(42)41-19-9-11-21-43(41)44)29-38(27-32-22-23-33-12-4-5-16-36(33)26-32)49(54)52-45(28-37-25-24-34-13-6-7-17-39(34)37)48-50-30-46(51-48)35-14-2-1-3-15-35;21-18(12-16-11-10-14-6-4-5-9-17(14)16)20-22-13-19(23-20)15-7-2-1-3-8-15;;/h1-23,25-26,30,38,44-45H,24,27-29,31H2,(H,50,51)(H,52,54);1-9,11,13,18H,10,12,21H2,(H,22,23);1H4;/t38-,45+;18-;;/m01../s1. The van der Waals surface area contributed by atoms with Crippen LogP contribution in [-0.4, -0.2) is 46.8 Å². The van der Waals surface area contributed by atoms with Gasteiger partial charge in [0.25, 0.3) is 0 Å². The first-order valence-electron chi connectivity index (χ1n) is 27.0. The molecule has 0 saturated carbocycles. The second kappa shape index (κ2) is 24.7. The van der Waals surface area contributed by atoms with Crippen LogP contribution < -0.4 is 11.1 Å². The number of amides is 1. The highest BCUT2D eigenvalue weighted by Crippen LogP contribution is 2.45. The van der Waals surface area contributed by atoms with E-state index in [4.69, 9.17) is 15.5 Å². The Morgan fingerprint density at radius 3 is 1.68 bits per heavy atom. The third kappa shape index (κ3) is 11.8. The summed E-state index contributed by atoms with van der Waals surface area (Å²) in [5.74, 6) is 0.172. The number of imidazole rings is 2. The molecule has 10 heteroatoms. The van der Waals surface area contributed by atoms with Crippen molar-refractivity contribution in [1.82, 2.24) is 25.3 Å². The zero-order valence-corrected chi connectivity index (χ0v) is 43.9. The minimum absolute atomic E-state index is 0. The Hall–Kier alpha value is -9.12. The molecule has 3 atom stereocenters. The zero-order chi connectivity index (χ0) is 52.8. The molecular weight excluding hydrogens is 984 g/mol. The first kappa shape index (κ1) is 54.2. The zero-order valence-electron chi connectivity index (χ0n) is 43.9. The van der Waals surface area contributed by atoms with Crippen LogP contribution in [0.3, 0.4) is 0 Å². The Labute approximate surface area is 470 Å². The number of aromatic nitrogens is 4. The number of nitrogens with two attached hydrogens (primary N) is 1. The van der Waals surface area contributed by atoms with Crippen LogP contribution >= 0.6 is 0 Å². The number of hydrogen-bond acceptors (Lipinski definition) is 6. The fourth-order valence-corrected chi connectivity index (χ4v) is 11.5. The van der Waals surface area contributed by atoms with Crippen molar-refractivity contribution in [2.24, 2.45) is 11.7 Å². The normalized spacial score (nSPS) is 13.8. The molecule has 0 bridgehead atoms. The maximum Gasteiger partial charge on any atom is 0.306 e. The highest BCUT2D eigenvalue weighted by atomic mass is 16.5. The Balaban J connectivity index is 0.000000241. The van der Waals surface area contributed by atoms with E-state index in [9.17, 15) is 9.59 Å². The van der Waals surface area contributed by atoms with E-state index in [0.29, 0.717) is 18.7 Å². The first-order valence-corrected chi connectivity index (χ1v) is 27.0. The highest BCUT2D eigenvalue weighted by molar-refractivity contribution is 5.87. The molecule has 0 aliphatic heterocycles. The topological polar surface area (TPSA) is 139 Å². The molecule has 0 fully saturated rings. The van der Waals surface area contributed by atoms with Crippen LogP contribution in [-0.2, 0) is 33.6 Å². The Bertz CT molecular complexity index is 3800. The van der Waals surface area contributed by atoms with E-state index in [0.717, 1.165) is 75.1 Å². The van der Waals surface area contributed by atoms with E-state index in [-0.39, 0.29) is 46.7 Å². The van der Waals surface area contributed by atoms with E-state index >= 15 is 0 Å². The van der Waals surface area contributed by atoms with Gasteiger partial charge in [-0.1, -0.05) is 220 Å². The summed E-state index contributed by atoms with van der Waals surface area (Å²) in [5, 5.41) is 5.58. The second-order valence-corrected chi connectivity index (χ2v) is 20.6. The number of carbonyl (C=O) groups is 2. The van der Waals surface area contributed by atoms with Gasteiger partial charge < -0.3 is 25.8 Å². The predicted molar refractivity (Wildman–Crippen MR) is 324 cm³/mol. The number of hydrogen-bond donors (Lipinski definition) is 4. The summed E-state index contributed by atoms with van der Waals surface area (Å²) >= 11 is 0. The number of fused-ring (bicyclic) bond motifs is 6. The molecule has 9 nitrogen and oxygen atoms in total. The van der Waals surface area contributed by atoms with Crippen molar-refractivity contribution in [1.29, 1.82) is 0 Å². The fraction of sp³-hybridized carbons (Fsp3) is 0.171. The van der Waals surface area contributed by atoms with E-state index in [1.165, 1.54) is 44.5 Å². The number of nitrogens with zero attached hydrogens (tertiary/aromatic N) is 2. The molecule has 80 heavy (non-hydrogen) atoms. The van der Waals surface area contributed by atoms with Gasteiger partial charge in [-0.25, -0.2) is 9.97 Å². The molecule has 2 heterocycles. The number of carbonyl (C=O) groups excluding carboxylic acids is 2. The minimum atomic E-state index is -0.673. The lowest BCUT2D eigenvalue weighted by Crippen LogP contribution is -2.37. The lowest BCUT2D eigenvalue weighted by Gasteiger charge is -2.23. The number of aromatic amines is 2. The molecule has 10 aromatic rings. The molecule has 5 N–H and O–H groups in total. The fourth-order valence-electron chi connectivity index (χ4n) is 11.5. The van der Waals surface area contributed by atoms with E-state index in [1.807, 2.05) is 97.3 Å². The maximum atomic E-state index is 14.6. The molecule has 0 spiro atoms. The lowest BCUT2D eigenvalue weighted by molar-refractivity contribution is -0.147. The SMILES string of the molecule is C.N[C@H](CC1=CCc2ccccc21)c1ncc(-c2ccccc2)[nH]1.O=C(C[C@H](Cc1ccc2ccccc2c1)C(=O)N[C@H](CC1=CCc2ccccc21)c1ncc(-c2ccccc2)[nH]1)OCC1c2ccccc2-c2ccccc21.[B]. The molecule has 3 radical (unpaired) electrons. The summed E-state index contributed by atoms with van der Waals surface area (Å²) in [5.41, 5.74) is 23.7. The van der Waals surface area contributed by atoms with Crippen LogP contribution in [0, 0.1) is 5.92 Å². The van der Waals surface area contributed by atoms with Gasteiger partial charge in [0.05, 0.1) is 48.2 Å². The van der Waals surface area contributed by atoms with Gasteiger partial charge in [0.2, 0.25) is 5.91 Å². The Morgan fingerprint density at radius 2 is 1.06 bits per heavy atom. The molecule has 1 amide bonds. The average molecular weight is 1050 g/mol. The van der Waals surface area contributed by atoms with Gasteiger partial charge in [0, 0.05) is 20.8 Å². The molecule has 2 aromatic heterocycles. The van der Waals surface area contributed by atoms with Gasteiger partial charge in [-0.2, -0.15) is 0 Å². The predicted octanol–water partition coefficient (Wildman–Crippen LogP) is 14.4. The van der Waals surface area contributed by atoms with Crippen molar-refractivity contribution in [3.05, 3.63) is 275 Å². The summed E-state index contributed by atoms with van der Waals surface area (Å²) in [7, 11) is 0. The van der Waals surface area contributed by atoms with Crippen molar-refractivity contribution < 1.29 is 14.3 Å². The third-order valence-corrected chi connectivity index (χ3v) is 15.5. The number of ether oxygens (including phenoxy) is 1. The van der Waals surface area contributed by atoms with Crippen LogP contribution in [0.2, 0.25) is 0 Å². The van der Waals surface area contributed by atoms with Crippen LogP contribution in [0.25, 0.3) is 55.6 Å². The Kier molecular flexibility index (Phi) is 16.7. The minimum Gasteiger partial charge on any atom is -0.465 e. The summed E-state index contributed by atoms with van der Waals surface area (Å²) in [4.78, 5) is 44.6. The molecule has 0 saturated heterocycles. The van der Waals surface area contributed by atoms with Crippen molar-refractivity contribution in [2.45, 2.75) is 64.0 Å². The number of rotatable bonds is 16. The van der Waals surface area contributed by atoms with Gasteiger partial charge >= 0.3 is 5.97 Å². The largest absolute Gasteiger partial charge is 0.465 e. The quantitative estimate of drug-likeness (QED) is 0.0561. The van der Waals surface area contributed by atoms with Gasteiger partial charge in [-0.05, 0) is 109 Å². The van der Waals surface area contributed by atoms with Gasteiger partial charge in [-0.15, -0.1) is 0 Å². The highest BCUT2D eigenvalue weighted by Gasteiger charge is 2.32. The summed E-state index contributed by atoms with van der Waals surface area (Å²) < 4.78 is 6.07. The number of esters is 1. The van der Waals surface area contributed by atoms with Crippen LogP contribution in [0.15, 0.2) is 225 Å². The molecule has 3 aliphatic rings. The maximum absolute atomic E-state index is 14.6. The smallest absolute Gasteiger partial charge is 0.306 e. The monoisotopic (exact) mass is 1050 g/mol. The number of benzene rings is 8. The van der Waals surface area contributed by atoms with Gasteiger partial charge in [0.15, 0.2) is 0 Å². The van der Waals surface area contributed by atoms with Crippen LogP contribution in [0.5, 0.6) is 0 Å². The average Bonchev–Trinajstić information content (AvgIpc) is 4.38. The second-order valence-electron chi connectivity index (χ2n) is 20.6. The summed E-state index contributed by atoms with van der Waals surface area (Å²) in [6, 6.07) is 67.7. The van der Waals surface area contributed by atoms with Crippen molar-refractivity contribution in [2.75, 3.05) is 6.61 Å². The van der Waals surface area contributed by atoms with Crippen molar-refractivity contribution >= 4 is 42.2 Å². The van der Waals surface area contributed by atoms with E-state index in [1.54, 1.807) is 0 Å². The first-order chi connectivity index (χ1) is 38.4. The van der Waals surface area contributed by atoms with Crippen LogP contribution in [0.1, 0.15) is 95.3 Å². The third-order valence-electron chi connectivity index (χ3n) is 15.5. The van der Waals surface area contributed by atoms with Crippen molar-refractivity contribution in [3.63, 3.8) is 0 Å². The summed E-state index contributed by atoms with van der Waals surface area (Å²) in [6.07, 6.45) is 11.8. The molecule has 0 unspecified atom stereocenters. The number of allylic oxidation sites excluding steroid dienone is 2. The molecule has 395 valence electrons. The van der Waals surface area contributed by atoms with Gasteiger partial charge in [-0.3, -0.25) is 9.59 Å². The van der Waals surface area contributed by atoms with Crippen molar-refractivity contribution in [3.8, 4) is 33.6 Å². The number of H-pyrrole nitrogens is 2. The molecular formula is C70H64BN6O3. The van der Waals surface area contributed by atoms with Crippen LogP contribution in [0.4, 0.5) is 0 Å².